The second kappa shape index (κ2) is 6.52. The molecule has 0 atom stereocenters. The van der Waals surface area contributed by atoms with Crippen molar-refractivity contribution in [3.63, 3.8) is 0 Å². The Hall–Kier alpha value is -2.93. The first-order valence-electron chi connectivity index (χ1n) is 7.85. The summed E-state index contributed by atoms with van der Waals surface area (Å²) in [5.41, 5.74) is 1.34. The fourth-order valence-corrected chi connectivity index (χ4v) is 2.90. The standard InChI is InChI=1S/C18H19N3O4/c1-20(2)7-8-21-16(22)13-6-4-5-11-9-12(19-18(24)25-3)10-14(15(11)13)17(21)23/h4-6,9-10H,7-8H2,1-3H3,(H,19,24). The zero-order valence-corrected chi connectivity index (χ0v) is 14.3. The molecule has 3 amide bonds. The van der Waals surface area contributed by atoms with Crippen molar-refractivity contribution in [2.75, 3.05) is 39.6 Å². The van der Waals surface area contributed by atoms with E-state index in [0.29, 0.717) is 35.3 Å². The summed E-state index contributed by atoms with van der Waals surface area (Å²) >= 11 is 0. The van der Waals surface area contributed by atoms with Gasteiger partial charge in [-0.3, -0.25) is 19.8 Å². The molecule has 1 aliphatic rings. The van der Waals surface area contributed by atoms with Crippen LogP contribution in [0.2, 0.25) is 0 Å². The molecule has 1 heterocycles. The predicted octanol–water partition coefficient (Wildman–Crippen LogP) is 2.18. The van der Waals surface area contributed by atoms with Crippen molar-refractivity contribution >= 4 is 34.4 Å². The van der Waals surface area contributed by atoms with Gasteiger partial charge in [0.05, 0.1) is 12.7 Å². The summed E-state index contributed by atoms with van der Waals surface area (Å²) in [7, 11) is 5.03. The third-order valence-electron chi connectivity index (χ3n) is 4.13. The molecule has 130 valence electrons. The normalized spacial score (nSPS) is 13.5. The summed E-state index contributed by atoms with van der Waals surface area (Å²) < 4.78 is 4.60. The van der Waals surface area contributed by atoms with E-state index in [4.69, 9.17) is 0 Å². The van der Waals surface area contributed by atoms with Crippen LogP contribution in [0.1, 0.15) is 20.7 Å². The van der Waals surface area contributed by atoms with E-state index in [1.807, 2.05) is 19.0 Å². The lowest BCUT2D eigenvalue weighted by Gasteiger charge is -2.28. The number of methoxy groups -OCH3 is 1. The van der Waals surface area contributed by atoms with Gasteiger partial charge in [0.1, 0.15) is 0 Å². The van der Waals surface area contributed by atoms with Gasteiger partial charge in [0, 0.05) is 29.7 Å². The smallest absolute Gasteiger partial charge is 0.411 e. The minimum atomic E-state index is -0.619. The van der Waals surface area contributed by atoms with Crippen LogP contribution in [0.4, 0.5) is 10.5 Å². The van der Waals surface area contributed by atoms with Gasteiger partial charge in [-0.25, -0.2) is 4.79 Å². The van der Waals surface area contributed by atoms with Crippen LogP contribution in [0.5, 0.6) is 0 Å². The molecule has 7 nitrogen and oxygen atoms in total. The number of rotatable bonds is 4. The van der Waals surface area contributed by atoms with Crippen LogP contribution in [0.15, 0.2) is 30.3 Å². The highest BCUT2D eigenvalue weighted by Gasteiger charge is 2.33. The van der Waals surface area contributed by atoms with Gasteiger partial charge >= 0.3 is 6.09 Å². The number of anilines is 1. The Labute approximate surface area is 145 Å². The fourth-order valence-electron chi connectivity index (χ4n) is 2.90. The maximum atomic E-state index is 12.9. The lowest BCUT2D eigenvalue weighted by molar-refractivity contribution is 0.0601. The SMILES string of the molecule is COC(=O)Nc1cc2c3c(cccc3c1)C(=O)N(CCN(C)C)C2=O. The molecule has 0 saturated carbocycles. The van der Waals surface area contributed by atoms with Gasteiger partial charge in [-0.05, 0) is 37.7 Å². The Bertz CT molecular complexity index is 876. The second-order valence-corrected chi connectivity index (χ2v) is 6.11. The molecule has 7 heteroatoms. The molecular weight excluding hydrogens is 322 g/mol. The largest absolute Gasteiger partial charge is 0.453 e. The van der Waals surface area contributed by atoms with E-state index < -0.39 is 6.09 Å². The molecule has 0 bridgehead atoms. The highest BCUT2D eigenvalue weighted by Crippen LogP contribution is 2.32. The molecule has 0 aliphatic carbocycles. The molecule has 0 saturated heterocycles. The molecule has 2 aromatic rings. The molecule has 1 aliphatic heterocycles. The van der Waals surface area contributed by atoms with Gasteiger partial charge in [0.25, 0.3) is 11.8 Å². The van der Waals surface area contributed by atoms with Crippen LogP contribution in [0.25, 0.3) is 10.8 Å². The molecule has 0 aromatic heterocycles. The van der Waals surface area contributed by atoms with Crippen LogP contribution in [0, 0.1) is 0 Å². The Morgan fingerprint density at radius 1 is 1.16 bits per heavy atom. The summed E-state index contributed by atoms with van der Waals surface area (Å²) in [5.74, 6) is -0.650. The van der Waals surface area contributed by atoms with Gasteiger partial charge in [-0.15, -0.1) is 0 Å². The van der Waals surface area contributed by atoms with Gasteiger partial charge in [0.15, 0.2) is 0 Å². The Kier molecular flexibility index (Phi) is 4.41. The molecule has 3 rings (SSSR count). The number of likely N-dealkylation sites (N-methyl/N-ethyl adjacent to an activating group) is 1. The van der Waals surface area contributed by atoms with Crippen molar-refractivity contribution in [1.29, 1.82) is 0 Å². The first-order valence-corrected chi connectivity index (χ1v) is 7.85. The molecule has 1 N–H and O–H groups in total. The number of nitrogens with zero attached hydrogens (tertiary/aromatic N) is 2. The van der Waals surface area contributed by atoms with Gasteiger partial charge in [0.2, 0.25) is 0 Å². The number of ether oxygens (including phenoxy) is 1. The minimum absolute atomic E-state index is 0.293. The summed E-state index contributed by atoms with van der Waals surface area (Å²) in [6.45, 7) is 0.873. The van der Waals surface area contributed by atoms with Gasteiger partial charge in [-0.1, -0.05) is 12.1 Å². The summed E-state index contributed by atoms with van der Waals surface area (Å²) in [6.07, 6.45) is -0.619. The second-order valence-electron chi connectivity index (χ2n) is 6.11. The maximum absolute atomic E-state index is 12.9. The summed E-state index contributed by atoms with van der Waals surface area (Å²) in [5, 5.41) is 3.91. The van der Waals surface area contributed by atoms with Crippen LogP contribution >= 0.6 is 0 Å². The number of carbonyl (C=O) groups excluding carboxylic acids is 3. The number of amides is 3. The molecule has 0 unspecified atom stereocenters. The van der Waals surface area contributed by atoms with Gasteiger partial charge < -0.3 is 9.64 Å². The predicted molar refractivity (Wildman–Crippen MR) is 93.9 cm³/mol. The van der Waals surface area contributed by atoms with Crippen molar-refractivity contribution in [3.8, 4) is 0 Å². The molecule has 0 radical (unpaired) electrons. The van der Waals surface area contributed by atoms with Crippen molar-refractivity contribution in [2.24, 2.45) is 0 Å². The third kappa shape index (κ3) is 3.06. The van der Waals surface area contributed by atoms with Crippen LogP contribution in [-0.2, 0) is 4.74 Å². The van der Waals surface area contributed by atoms with E-state index in [1.54, 1.807) is 30.3 Å². The Balaban J connectivity index is 2.10. The molecule has 2 aromatic carbocycles. The van der Waals surface area contributed by atoms with Crippen molar-refractivity contribution in [2.45, 2.75) is 0 Å². The van der Waals surface area contributed by atoms with E-state index >= 15 is 0 Å². The quantitative estimate of drug-likeness (QED) is 0.862. The fraction of sp³-hybridized carbons (Fsp3) is 0.278. The van der Waals surface area contributed by atoms with E-state index in [1.165, 1.54) is 12.0 Å². The van der Waals surface area contributed by atoms with Gasteiger partial charge in [-0.2, -0.15) is 0 Å². The average Bonchev–Trinajstić information content (AvgIpc) is 2.58. The van der Waals surface area contributed by atoms with Crippen molar-refractivity contribution in [1.82, 2.24) is 9.80 Å². The van der Waals surface area contributed by atoms with Crippen LogP contribution in [0.3, 0.4) is 0 Å². The zero-order valence-electron chi connectivity index (χ0n) is 14.3. The van der Waals surface area contributed by atoms with Crippen molar-refractivity contribution < 1.29 is 19.1 Å². The van der Waals surface area contributed by atoms with Crippen LogP contribution < -0.4 is 5.32 Å². The topological polar surface area (TPSA) is 79.0 Å². The van der Waals surface area contributed by atoms with E-state index in [-0.39, 0.29) is 11.8 Å². The number of hydrogen-bond acceptors (Lipinski definition) is 5. The van der Waals surface area contributed by atoms with E-state index in [2.05, 4.69) is 10.1 Å². The Morgan fingerprint density at radius 2 is 1.88 bits per heavy atom. The number of nitrogens with one attached hydrogen (secondary N) is 1. The Morgan fingerprint density at radius 3 is 2.56 bits per heavy atom. The van der Waals surface area contributed by atoms with Crippen LogP contribution in [-0.4, -0.2) is 62.0 Å². The van der Waals surface area contributed by atoms with E-state index in [0.717, 1.165) is 5.39 Å². The number of hydrogen-bond donors (Lipinski definition) is 1. The highest BCUT2D eigenvalue weighted by atomic mass is 16.5. The first-order chi connectivity index (χ1) is 11.9. The monoisotopic (exact) mass is 341 g/mol. The summed E-state index contributed by atoms with van der Waals surface area (Å²) in [4.78, 5) is 40.3. The van der Waals surface area contributed by atoms with Crippen molar-refractivity contribution in [3.05, 3.63) is 41.5 Å². The van der Waals surface area contributed by atoms with E-state index in [9.17, 15) is 14.4 Å². The first kappa shape index (κ1) is 16.9. The molecule has 25 heavy (non-hydrogen) atoms. The molecule has 0 fully saturated rings. The number of carbonyl (C=O) groups is 3. The zero-order chi connectivity index (χ0) is 18.1. The molecule has 0 spiro atoms. The minimum Gasteiger partial charge on any atom is -0.453 e. The third-order valence-corrected chi connectivity index (χ3v) is 4.13. The lowest BCUT2D eigenvalue weighted by Crippen LogP contribution is -2.43. The maximum Gasteiger partial charge on any atom is 0.411 e. The molecular formula is C18H19N3O4. The summed E-state index contributed by atoms with van der Waals surface area (Å²) in [6, 6.07) is 8.59. The average molecular weight is 341 g/mol. The highest BCUT2D eigenvalue weighted by molar-refractivity contribution is 6.26. The lowest BCUT2D eigenvalue weighted by atomic mass is 9.93. The number of imide groups is 1. The number of benzene rings is 2.